The zero-order valence-corrected chi connectivity index (χ0v) is 18.0. The van der Waals surface area contributed by atoms with E-state index in [1.165, 1.54) is 12.0 Å². The van der Waals surface area contributed by atoms with Gasteiger partial charge in [0, 0.05) is 17.0 Å². The van der Waals surface area contributed by atoms with E-state index in [9.17, 15) is 4.79 Å². The fraction of sp³-hybridized carbons (Fsp3) is 0.450. The molecule has 0 bridgehead atoms. The van der Waals surface area contributed by atoms with Crippen LogP contribution in [-0.2, 0) is 0 Å². The molecule has 1 amide bonds. The summed E-state index contributed by atoms with van der Waals surface area (Å²) < 4.78 is 11.1. The van der Waals surface area contributed by atoms with E-state index < -0.39 is 0 Å². The van der Waals surface area contributed by atoms with Gasteiger partial charge in [-0.2, -0.15) is 0 Å². The first-order valence-electron chi connectivity index (χ1n) is 8.81. The standard InChI is InChI=1S/C20H27ClN2O3S/c1-13(2)12-26-19-15(21)9-14(10-17(19)25-5)20(24)22-11-16(23(3)4)18-7-6-8-27-18/h6-10,13,16H,11-12H2,1-5H3,(H,22,24). The minimum absolute atomic E-state index is 0.111. The Morgan fingerprint density at radius 1 is 1.33 bits per heavy atom. The number of hydrogen-bond acceptors (Lipinski definition) is 5. The molecule has 1 aromatic heterocycles. The van der Waals surface area contributed by atoms with Gasteiger partial charge in [0.25, 0.3) is 5.91 Å². The molecule has 2 aromatic rings. The Labute approximate surface area is 170 Å². The summed E-state index contributed by atoms with van der Waals surface area (Å²) >= 11 is 8.02. The number of rotatable bonds is 9. The van der Waals surface area contributed by atoms with E-state index in [4.69, 9.17) is 21.1 Å². The number of thiophene rings is 1. The Morgan fingerprint density at radius 2 is 2.07 bits per heavy atom. The second-order valence-corrected chi connectivity index (χ2v) is 8.29. The van der Waals surface area contributed by atoms with Gasteiger partial charge < -0.3 is 19.7 Å². The summed E-state index contributed by atoms with van der Waals surface area (Å²) in [5.74, 6) is 1.08. The van der Waals surface area contributed by atoms with Gasteiger partial charge in [0.1, 0.15) is 0 Å². The number of amides is 1. The van der Waals surface area contributed by atoms with Gasteiger partial charge in [-0.25, -0.2) is 0 Å². The summed E-state index contributed by atoms with van der Waals surface area (Å²) in [6.45, 7) is 5.12. The first-order valence-corrected chi connectivity index (χ1v) is 10.1. The van der Waals surface area contributed by atoms with Crippen LogP contribution in [0.15, 0.2) is 29.6 Å². The van der Waals surface area contributed by atoms with Gasteiger partial charge in [0.15, 0.2) is 11.5 Å². The molecule has 0 radical (unpaired) electrons. The first-order chi connectivity index (χ1) is 12.8. The van der Waals surface area contributed by atoms with Gasteiger partial charge >= 0.3 is 0 Å². The molecule has 0 aliphatic rings. The Kier molecular flexibility index (Phi) is 7.95. The molecule has 0 fully saturated rings. The molecule has 148 valence electrons. The smallest absolute Gasteiger partial charge is 0.251 e. The highest BCUT2D eigenvalue weighted by molar-refractivity contribution is 7.10. The molecule has 27 heavy (non-hydrogen) atoms. The Balaban J connectivity index is 2.12. The SMILES string of the molecule is COc1cc(C(=O)NCC(c2cccs2)N(C)C)cc(Cl)c1OCC(C)C. The fourth-order valence-corrected chi connectivity index (χ4v) is 3.74. The lowest BCUT2D eigenvalue weighted by Crippen LogP contribution is -2.34. The number of carbonyl (C=O) groups excluding carboxylic acids is 1. The summed E-state index contributed by atoms with van der Waals surface area (Å²) in [4.78, 5) is 15.9. The van der Waals surface area contributed by atoms with Gasteiger partial charge in [-0.1, -0.05) is 31.5 Å². The Morgan fingerprint density at radius 3 is 2.63 bits per heavy atom. The average molecular weight is 411 g/mol. The molecule has 0 aliphatic carbocycles. The third kappa shape index (κ3) is 5.86. The maximum absolute atomic E-state index is 12.7. The number of halogens is 1. The third-order valence-electron chi connectivity index (χ3n) is 4.00. The van der Waals surface area contributed by atoms with Gasteiger partial charge in [-0.05, 0) is 43.6 Å². The largest absolute Gasteiger partial charge is 0.493 e. The molecule has 7 heteroatoms. The number of likely N-dealkylation sites (N-methyl/N-ethyl adjacent to an activating group) is 1. The van der Waals surface area contributed by atoms with Gasteiger partial charge in [0.2, 0.25) is 0 Å². The van der Waals surface area contributed by atoms with Gasteiger partial charge in [0.05, 0.1) is 24.8 Å². The van der Waals surface area contributed by atoms with Crippen molar-refractivity contribution in [1.29, 1.82) is 0 Å². The quantitative estimate of drug-likeness (QED) is 0.662. The van der Waals surface area contributed by atoms with Crippen molar-refractivity contribution in [3.05, 3.63) is 45.1 Å². The maximum atomic E-state index is 12.7. The van der Waals surface area contributed by atoms with Crippen LogP contribution in [0.3, 0.4) is 0 Å². The van der Waals surface area contributed by atoms with Crippen LogP contribution < -0.4 is 14.8 Å². The average Bonchev–Trinajstić information content (AvgIpc) is 3.13. The van der Waals surface area contributed by atoms with E-state index in [1.807, 2.05) is 25.5 Å². The fourth-order valence-electron chi connectivity index (χ4n) is 2.55. The number of carbonyl (C=O) groups is 1. The maximum Gasteiger partial charge on any atom is 0.251 e. The minimum Gasteiger partial charge on any atom is -0.493 e. The van der Waals surface area contributed by atoms with E-state index in [0.29, 0.717) is 41.2 Å². The number of nitrogens with one attached hydrogen (secondary N) is 1. The van der Waals surface area contributed by atoms with Crippen LogP contribution in [0.2, 0.25) is 5.02 Å². The summed E-state index contributed by atoms with van der Waals surface area (Å²) in [5, 5.41) is 5.39. The lowest BCUT2D eigenvalue weighted by Gasteiger charge is -2.23. The van der Waals surface area contributed by atoms with Crippen LogP contribution in [0.25, 0.3) is 0 Å². The van der Waals surface area contributed by atoms with Gasteiger partial charge in [-0.3, -0.25) is 4.79 Å². The Hall–Kier alpha value is -1.76. The summed E-state index contributed by atoms with van der Waals surface area (Å²) in [6.07, 6.45) is 0. The molecule has 0 saturated heterocycles. The predicted molar refractivity (Wildman–Crippen MR) is 111 cm³/mol. The van der Waals surface area contributed by atoms with Gasteiger partial charge in [-0.15, -0.1) is 11.3 Å². The predicted octanol–water partition coefficient (Wildman–Crippen LogP) is 4.48. The van der Waals surface area contributed by atoms with E-state index in [2.05, 4.69) is 30.1 Å². The number of ether oxygens (including phenoxy) is 2. The van der Waals surface area contributed by atoms with Crippen LogP contribution in [0, 0.1) is 5.92 Å². The van der Waals surface area contributed by atoms with Crippen LogP contribution in [0.4, 0.5) is 0 Å². The van der Waals surface area contributed by atoms with Crippen molar-refractivity contribution >= 4 is 28.8 Å². The molecule has 1 atom stereocenters. The number of benzene rings is 1. The zero-order chi connectivity index (χ0) is 20.0. The minimum atomic E-state index is -0.200. The molecule has 2 rings (SSSR count). The third-order valence-corrected chi connectivity index (χ3v) is 5.26. The molecule has 1 aromatic carbocycles. The molecule has 1 heterocycles. The van der Waals surface area contributed by atoms with Crippen LogP contribution in [0.5, 0.6) is 11.5 Å². The molecule has 1 unspecified atom stereocenters. The van der Waals surface area contributed by atoms with Crippen molar-refractivity contribution in [2.45, 2.75) is 19.9 Å². The number of hydrogen-bond donors (Lipinski definition) is 1. The normalized spacial score (nSPS) is 12.3. The second-order valence-electron chi connectivity index (χ2n) is 6.90. The lowest BCUT2D eigenvalue weighted by atomic mass is 10.1. The van der Waals surface area contributed by atoms with Crippen LogP contribution in [-0.4, -0.2) is 45.2 Å². The van der Waals surface area contributed by atoms with Crippen LogP contribution in [0.1, 0.15) is 35.1 Å². The second kappa shape index (κ2) is 9.97. The van der Waals surface area contributed by atoms with Crippen molar-refractivity contribution in [2.75, 3.05) is 34.4 Å². The molecular formula is C20H27ClN2O3S. The van der Waals surface area contributed by atoms with E-state index in [0.717, 1.165) is 0 Å². The molecular weight excluding hydrogens is 384 g/mol. The number of nitrogens with zero attached hydrogens (tertiary/aromatic N) is 1. The highest BCUT2D eigenvalue weighted by Gasteiger charge is 2.19. The zero-order valence-electron chi connectivity index (χ0n) is 16.4. The first kappa shape index (κ1) is 21.5. The monoisotopic (exact) mass is 410 g/mol. The van der Waals surface area contributed by atoms with Crippen molar-refractivity contribution in [1.82, 2.24) is 10.2 Å². The highest BCUT2D eigenvalue weighted by Crippen LogP contribution is 2.36. The molecule has 1 N–H and O–H groups in total. The van der Waals surface area contributed by atoms with Crippen molar-refractivity contribution < 1.29 is 14.3 Å². The molecule has 0 spiro atoms. The molecule has 0 aliphatic heterocycles. The molecule has 0 saturated carbocycles. The summed E-state index contributed by atoms with van der Waals surface area (Å²) in [5.41, 5.74) is 0.442. The highest BCUT2D eigenvalue weighted by atomic mass is 35.5. The summed E-state index contributed by atoms with van der Waals surface area (Å²) in [7, 11) is 5.53. The van der Waals surface area contributed by atoms with Crippen LogP contribution >= 0.6 is 22.9 Å². The summed E-state index contributed by atoms with van der Waals surface area (Å²) in [6, 6.07) is 7.47. The van der Waals surface area contributed by atoms with E-state index in [1.54, 1.807) is 23.5 Å². The van der Waals surface area contributed by atoms with E-state index >= 15 is 0 Å². The topological polar surface area (TPSA) is 50.8 Å². The lowest BCUT2D eigenvalue weighted by molar-refractivity contribution is 0.0942. The Bertz CT molecular complexity index is 748. The van der Waals surface area contributed by atoms with E-state index in [-0.39, 0.29) is 11.9 Å². The number of methoxy groups -OCH3 is 1. The van der Waals surface area contributed by atoms with Crippen molar-refractivity contribution in [3.63, 3.8) is 0 Å². The van der Waals surface area contributed by atoms with Crippen molar-refractivity contribution in [3.8, 4) is 11.5 Å². The molecule has 5 nitrogen and oxygen atoms in total. The van der Waals surface area contributed by atoms with Crippen molar-refractivity contribution in [2.24, 2.45) is 5.92 Å².